The first-order valence-corrected chi connectivity index (χ1v) is 10.4. The van der Waals surface area contributed by atoms with Crippen molar-refractivity contribution in [2.45, 2.75) is 25.8 Å². The number of carbonyl (C=O) groups is 1. The Kier molecular flexibility index (Phi) is 7.77. The summed E-state index contributed by atoms with van der Waals surface area (Å²) in [5, 5.41) is 0. The minimum atomic E-state index is -0.243. The molecule has 1 radical (unpaired) electrons. The molecule has 1 atom stereocenters. The third-order valence-electron chi connectivity index (χ3n) is 5.15. The van der Waals surface area contributed by atoms with Gasteiger partial charge in [0, 0.05) is 6.54 Å². The van der Waals surface area contributed by atoms with E-state index in [0.717, 1.165) is 30.6 Å². The van der Waals surface area contributed by atoms with Gasteiger partial charge < -0.3 is 0 Å². The third-order valence-corrected chi connectivity index (χ3v) is 5.15. The smallest absolute Gasteiger partial charge is 0.158 e. The van der Waals surface area contributed by atoms with Crippen LogP contribution in [0.2, 0.25) is 0 Å². The van der Waals surface area contributed by atoms with Gasteiger partial charge in [-0.1, -0.05) is 105 Å². The summed E-state index contributed by atoms with van der Waals surface area (Å²) in [4.78, 5) is 15.8. The maximum Gasteiger partial charge on any atom is 0.158 e. The Balaban J connectivity index is 1.82. The van der Waals surface area contributed by atoms with Gasteiger partial charge in [0.05, 0.1) is 12.5 Å². The number of nitrogens with zero attached hydrogens (tertiary/aromatic N) is 1. The minimum absolute atomic E-state index is 0.232. The quantitative estimate of drug-likeness (QED) is 0.443. The fourth-order valence-electron chi connectivity index (χ4n) is 3.63. The van der Waals surface area contributed by atoms with Gasteiger partial charge in [-0.25, -0.2) is 0 Å². The molecule has 2 heteroatoms. The highest BCUT2D eigenvalue weighted by atomic mass is 16.1. The standard InChI is InChI=1S/C27H30NO/c1-22(2)18-19-28(20-23-12-6-3-7-13-23)21-26(29)27(24-14-8-4-9-15-24)25-16-10-5-11-17-25/h3-17,22,27H,1,18-21H2,2H3. The second-order valence-corrected chi connectivity index (χ2v) is 7.81. The van der Waals surface area contributed by atoms with E-state index in [9.17, 15) is 4.79 Å². The largest absolute Gasteiger partial charge is 0.297 e. The third kappa shape index (κ3) is 6.40. The van der Waals surface area contributed by atoms with Crippen molar-refractivity contribution in [2.24, 2.45) is 5.92 Å². The summed E-state index contributed by atoms with van der Waals surface area (Å²) < 4.78 is 0. The van der Waals surface area contributed by atoms with Crippen LogP contribution < -0.4 is 0 Å². The normalized spacial score (nSPS) is 11.3. The van der Waals surface area contributed by atoms with Gasteiger partial charge in [-0.2, -0.15) is 0 Å². The van der Waals surface area contributed by atoms with Crippen molar-refractivity contribution in [1.82, 2.24) is 4.90 Å². The van der Waals surface area contributed by atoms with Gasteiger partial charge in [-0.05, 0) is 35.6 Å². The van der Waals surface area contributed by atoms with Crippen LogP contribution in [-0.4, -0.2) is 23.8 Å². The monoisotopic (exact) mass is 384 g/mol. The van der Waals surface area contributed by atoms with E-state index in [0.29, 0.717) is 12.5 Å². The van der Waals surface area contributed by atoms with Gasteiger partial charge in [0.2, 0.25) is 0 Å². The van der Waals surface area contributed by atoms with E-state index in [1.165, 1.54) is 5.56 Å². The van der Waals surface area contributed by atoms with Crippen molar-refractivity contribution in [3.05, 3.63) is 115 Å². The van der Waals surface area contributed by atoms with Crippen LogP contribution in [0.15, 0.2) is 91.0 Å². The molecule has 0 aliphatic heterocycles. The molecule has 0 amide bonds. The van der Waals surface area contributed by atoms with Gasteiger partial charge in [-0.3, -0.25) is 9.69 Å². The molecule has 29 heavy (non-hydrogen) atoms. The van der Waals surface area contributed by atoms with E-state index < -0.39 is 0 Å². The van der Waals surface area contributed by atoms with E-state index in [1.54, 1.807) is 0 Å². The van der Waals surface area contributed by atoms with Gasteiger partial charge in [0.15, 0.2) is 5.78 Å². The Morgan fingerprint density at radius 3 is 1.79 bits per heavy atom. The lowest BCUT2D eigenvalue weighted by atomic mass is 9.87. The molecule has 149 valence electrons. The van der Waals surface area contributed by atoms with Crippen molar-refractivity contribution in [2.75, 3.05) is 13.1 Å². The van der Waals surface area contributed by atoms with Gasteiger partial charge in [0.1, 0.15) is 0 Å². The first kappa shape index (κ1) is 21.0. The van der Waals surface area contributed by atoms with Crippen LogP contribution in [0.1, 0.15) is 36.0 Å². The molecule has 2 nitrogen and oxygen atoms in total. The molecular formula is C27H30NO. The van der Waals surface area contributed by atoms with Crippen molar-refractivity contribution in [1.29, 1.82) is 0 Å². The van der Waals surface area contributed by atoms with Gasteiger partial charge >= 0.3 is 0 Å². The Morgan fingerprint density at radius 2 is 1.31 bits per heavy atom. The maximum absolute atomic E-state index is 13.5. The molecule has 0 N–H and O–H groups in total. The van der Waals surface area contributed by atoms with E-state index in [2.05, 4.69) is 67.3 Å². The minimum Gasteiger partial charge on any atom is -0.297 e. The van der Waals surface area contributed by atoms with Crippen LogP contribution in [0.5, 0.6) is 0 Å². The topological polar surface area (TPSA) is 20.3 Å². The highest BCUT2D eigenvalue weighted by Crippen LogP contribution is 2.26. The van der Waals surface area contributed by atoms with Crippen LogP contribution in [0.3, 0.4) is 0 Å². The lowest BCUT2D eigenvalue weighted by Crippen LogP contribution is -2.34. The number of ketones is 1. The van der Waals surface area contributed by atoms with E-state index in [1.807, 2.05) is 42.5 Å². The molecule has 0 spiro atoms. The van der Waals surface area contributed by atoms with Crippen molar-refractivity contribution in [3.8, 4) is 0 Å². The number of Topliss-reactive ketones (excluding diaryl/α,β-unsaturated/α-hetero) is 1. The summed E-state index contributed by atoms with van der Waals surface area (Å²) in [6, 6.07) is 30.6. The summed E-state index contributed by atoms with van der Waals surface area (Å²) in [6.45, 7) is 8.30. The second-order valence-electron chi connectivity index (χ2n) is 7.81. The number of benzene rings is 3. The molecule has 3 aromatic rings. The molecule has 3 aromatic carbocycles. The van der Waals surface area contributed by atoms with E-state index >= 15 is 0 Å². The summed E-state index contributed by atoms with van der Waals surface area (Å²) >= 11 is 0. The fourth-order valence-corrected chi connectivity index (χ4v) is 3.63. The number of hydrogen-bond donors (Lipinski definition) is 0. The van der Waals surface area contributed by atoms with Crippen LogP contribution in [0.4, 0.5) is 0 Å². The average molecular weight is 385 g/mol. The highest BCUT2D eigenvalue weighted by molar-refractivity contribution is 5.90. The average Bonchev–Trinajstić information content (AvgIpc) is 2.74. The van der Waals surface area contributed by atoms with Crippen LogP contribution in [-0.2, 0) is 11.3 Å². The number of rotatable bonds is 10. The van der Waals surface area contributed by atoms with Crippen molar-refractivity contribution in [3.63, 3.8) is 0 Å². The second kappa shape index (κ2) is 10.7. The van der Waals surface area contributed by atoms with E-state index in [-0.39, 0.29) is 11.7 Å². The predicted octanol–water partition coefficient (Wildman–Crippen LogP) is 5.75. The summed E-state index contributed by atoms with van der Waals surface area (Å²) in [6.07, 6.45) is 0.974. The van der Waals surface area contributed by atoms with Crippen molar-refractivity contribution < 1.29 is 4.79 Å². The predicted molar refractivity (Wildman–Crippen MR) is 121 cm³/mol. The van der Waals surface area contributed by atoms with E-state index in [4.69, 9.17) is 0 Å². The zero-order chi connectivity index (χ0) is 20.5. The number of carbonyl (C=O) groups excluding carboxylic acids is 1. The Labute approximate surface area is 175 Å². The first-order chi connectivity index (χ1) is 14.1. The molecule has 0 aliphatic carbocycles. The van der Waals surface area contributed by atoms with Gasteiger partial charge in [0.25, 0.3) is 0 Å². The Morgan fingerprint density at radius 1 is 0.828 bits per heavy atom. The lowest BCUT2D eigenvalue weighted by Gasteiger charge is -2.25. The zero-order valence-electron chi connectivity index (χ0n) is 17.2. The Bertz CT molecular complexity index is 819. The molecular weight excluding hydrogens is 354 g/mol. The maximum atomic E-state index is 13.5. The SMILES string of the molecule is [CH2]C(C)CCN(CC(=O)C(c1ccccc1)c1ccccc1)Cc1ccccc1. The summed E-state index contributed by atoms with van der Waals surface area (Å²) in [5.74, 6) is 0.352. The summed E-state index contributed by atoms with van der Waals surface area (Å²) in [7, 11) is 0. The molecule has 0 heterocycles. The van der Waals surface area contributed by atoms with Crippen LogP contribution in [0.25, 0.3) is 0 Å². The first-order valence-electron chi connectivity index (χ1n) is 10.4. The molecule has 0 saturated heterocycles. The molecule has 0 bridgehead atoms. The van der Waals surface area contributed by atoms with Crippen LogP contribution in [0, 0.1) is 12.8 Å². The molecule has 0 saturated carbocycles. The fraction of sp³-hybridized carbons (Fsp3) is 0.259. The molecule has 0 aliphatic rings. The van der Waals surface area contributed by atoms with Crippen molar-refractivity contribution >= 4 is 5.78 Å². The highest BCUT2D eigenvalue weighted by Gasteiger charge is 2.24. The van der Waals surface area contributed by atoms with Crippen LogP contribution >= 0.6 is 0 Å². The zero-order valence-corrected chi connectivity index (χ0v) is 17.2. The number of hydrogen-bond acceptors (Lipinski definition) is 2. The molecule has 3 rings (SSSR count). The molecule has 1 unspecified atom stereocenters. The summed E-state index contributed by atoms with van der Waals surface area (Å²) in [5.41, 5.74) is 3.33. The molecule has 0 fully saturated rings. The lowest BCUT2D eigenvalue weighted by molar-refractivity contribution is -0.121. The molecule has 0 aromatic heterocycles. The van der Waals surface area contributed by atoms with Gasteiger partial charge in [-0.15, -0.1) is 0 Å². The Hall–Kier alpha value is -2.71.